The van der Waals surface area contributed by atoms with Gasteiger partial charge in [-0.3, -0.25) is 0 Å². The summed E-state index contributed by atoms with van der Waals surface area (Å²) in [6, 6.07) is 0. The maximum absolute atomic E-state index is 5.48. The van der Waals surface area contributed by atoms with E-state index in [2.05, 4.69) is 26.1 Å². The smallest absolute Gasteiger partial charge is 0.0701 e. The molecule has 4 nitrogen and oxygen atoms in total. The van der Waals surface area contributed by atoms with Gasteiger partial charge in [0.05, 0.1) is 26.4 Å². The van der Waals surface area contributed by atoms with Crippen molar-refractivity contribution in [2.24, 2.45) is 0 Å². The van der Waals surface area contributed by atoms with Crippen LogP contribution in [0.3, 0.4) is 0 Å². The second kappa shape index (κ2) is 11.9. The average molecular weight is 261 g/mol. The highest BCUT2D eigenvalue weighted by Crippen LogP contribution is 1.99. The van der Waals surface area contributed by atoms with Gasteiger partial charge in [-0.05, 0) is 47.1 Å². The molecule has 0 saturated carbocycles. The van der Waals surface area contributed by atoms with Crippen molar-refractivity contribution in [3.63, 3.8) is 0 Å². The first kappa shape index (κ1) is 17.8. The Morgan fingerprint density at radius 1 is 0.778 bits per heavy atom. The zero-order valence-corrected chi connectivity index (χ0v) is 12.6. The van der Waals surface area contributed by atoms with Gasteiger partial charge in [0.1, 0.15) is 0 Å². The van der Waals surface area contributed by atoms with Crippen molar-refractivity contribution >= 4 is 0 Å². The van der Waals surface area contributed by atoms with Gasteiger partial charge in [-0.15, -0.1) is 0 Å². The molecule has 0 aliphatic rings. The Balaban J connectivity index is 2.99. The number of hydrogen-bond donors (Lipinski definition) is 1. The average Bonchev–Trinajstić information content (AvgIpc) is 2.29. The molecule has 0 saturated heterocycles. The Labute approximate surface area is 112 Å². The van der Waals surface area contributed by atoms with Gasteiger partial charge in [-0.1, -0.05) is 0 Å². The van der Waals surface area contributed by atoms with Gasteiger partial charge in [-0.25, -0.2) is 0 Å². The van der Waals surface area contributed by atoms with Crippen molar-refractivity contribution in [2.45, 2.75) is 46.1 Å². The predicted molar refractivity (Wildman–Crippen MR) is 75.1 cm³/mol. The maximum atomic E-state index is 5.48. The van der Waals surface area contributed by atoms with Crippen LogP contribution in [0.4, 0.5) is 0 Å². The third-order valence-corrected chi connectivity index (χ3v) is 2.32. The van der Waals surface area contributed by atoms with Gasteiger partial charge in [0.25, 0.3) is 0 Å². The Hall–Kier alpha value is -0.160. The SMILES string of the molecule is CCOCCOCCOCCCCNC(C)(C)C. The Morgan fingerprint density at radius 2 is 1.33 bits per heavy atom. The highest BCUT2D eigenvalue weighted by Gasteiger charge is 2.06. The molecule has 0 atom stereocenters. The van der Waals surface area contributed by atoms with Gasteiger partial charge in [-0.2, -0.15) is 0 Å². The molecule has 0 unspecified atom stereocenters. The summed E-state index contributed by atoms with van der Waals surface area (Å²) >= 11 is 0. The molecular weight excluding hydrogens is 230 g/mol. The second-order valence-corrected chi connectivity index (χ2v) is 5.31. The molecule has 110 valence electrons. The number of unbranched alkanes of at least 4 members (excludes halogenated alkanes) is 1. The lowest BCUT2D eigenvalue weighted by molar-refractivity contribution is 0.0163. The first-order valence-electron chi connectivity index (χ1n) is 7.04. The molecule has 0 aromatic heterocycles. The van der Waals surface area contributed by atoms with Crippen LogP contribution in [0.2, 0.25) is 0 Å². The summed E-state index contributed by atoms with van der Waals surface area (Å²) in [5.74, 6) is 0. The zero-order chi connectivity index (χ0) is 13.7. The molecule has 0 aromatic rings. The highest BCUT2D eigenvalue weighted by molar-refractivity contribution is 4.69. The van der Waals surface area contributed by atoms with Crippen molar-refractivity contribution in [3.8, 4) is 0 Å². The van der Waals surface area contributed by atoms with Crippen LogP contribution in [0.1, 0.15) is 40.5 Å². The van der Waals surface area contributed by atoms with Crippen molar-refractivity contribution < 1.29 is 14.2 Å². The van der Waals surface area contributed by atoms with Gasteiger partial charge in [0.15, 0.2) is 0 Å². The van der Waals surface area contributed by atoms with E-state index in [0.717, 1.165) is 32.6 Å². The summed E-state index contributed by atoms with van der Waals surface area (Å²) < 4.78 is 16.0. The first-order valence-corrected chi connectivity index (χ1v) is 7.04. The van der Waals surface area contributed by atoms with E-state index >= 15 is 0 Å². The third kappa shape index (κ3) is 15.8. The van der Waals surface area contributed by atoms with Gasteiger partial charge < -0.3 is 19.5 Å². The zero-order valence-electron chi connectivity index (χ0n) is 12.6. The molecule has 0 spiro atoms. The van der Waals surface area contributed by atoms with Crippen LogP contribution in [-0.2, 0) is 14.2 Å². The van der Waals surface area contributed by atoms with E-state index in [-0.39, 0.29) is 5.54 Å². The second-order valence-electron chi connectivity index (χ2n) is 5.31. The lowest BCUT2D eigenvalue weighted by atomic mass is 10.1. The molecule has 0 aliphatic heterocycles. The van der Waals surface area contributed by atoms with Crippen LogP contribution in [-0.4, -0.2) is 51.7 Å². The fraction of sp³-hybridized carbons (Fsp3) is 1.00. The van der Waals surface area contributed by atoms with Gasteiger partial charge >= 0.3 is 0 Å². The lowest BCUT2D eigenvalue weighted by Gasteiger charge is -2.20. The monoisotopic (exact) mass is 261 g/mol. The minimum absolute atomic E-state index is 0.218. The quantitative estimate of drug-likeness (QED) is 0.547. The van der Waals surface area contributed by atoms with Crippen LogP contribution in [0.5, 0.6) is 0 Å². The first-order chi connectivity index (χ1) is 8.56. The van der Waals surface area contributed by atoms with Crippen molar-refractivity contribution in [3.05, 3.63) is 0 Å². The van der Waals surface area contributed by atoms with Crippen molar-refractivity contribution in [2.75, 3.05) is 46.2 Å². The van der Waals surface area contributed by atoms with Gasteiger partial charge in [0.2, 0.25) is 0 Å². The molecule has 0 radical (unpaired) electrons. The number of rotatable bonds is 12. The maximum Gasteiger partial charge on any atom is 0.0701 e. The lowest BCUT2D eigenvalue weighted by Crippen LogP contribution is -2.36. The molecule has 0 bridgehead atoms. The summed E-state index contributed by atoms with van der Waals surface area (Å²) in [5.41, 5.74) is 0.218. The van der Waals surface area contributed by atoms with Crippen LogP contribution < -0.4 is 5.32 Å². The summed E-state index contributed by atoms with van der Waals surface area (Å²) in [6.07, 6.45) is 2.25. The fourth-order valence-corrected chi connectivity index (χ4v) is 1.38. The Kier molecular flexibility index (Phi) is 11.8. The fourth-order valence-electron chi connectivity index (χ4n) is 1.38. The molecule has 0 aliphatic carbocycles. The van der Waals surface area contributed by atoms with E-state index in [0.29, 0.717) is 26.4 Å². The van der Waals surface area contributed by atoms with E-state index < -0.39 is 0 Å². The number of ether oxygens (including phenoxy) is 3. The van der Waals surface area contributed by atoms with E-state index in [1.807, 2.05) is 6.92 Å². The highest BCUT2D eigenvalue weighted by atomic mass is 16.5. The Morgan fingerprint density at radius 3 is 1.89 bits per heavy atom. The summed E-state index contributed by atoms with van der Waals surface area (Å²) in [5, 5.41) is 3.46. The minimum Gasteiger partial charge on any atom is -0.379 e. The molecule has 0 rings (SSSR count). The Bertz CT molecular complexity index is 169. The number of nitrogens with one attached hydrogen (secondary N) is 1. The molecule has 0 heterocycles. The van der Waals surface area contributed by atoms with Crippen LogP contribution in [0.15, 0.2) is 0 Å². The van der Waals surface area contributed by atoms with Crippen molar-refractivity contribution in [1.29, 1.82) is 0 Å². The summed E-state index contributed by atoms with van der Waals surface area (Å²) in [7, 11) is 0. The molecule has 4 heteroatoms. The van der Waals surface area contributed by atoms with Crippen LogP contribution >= 0.6 is 0 Å². The van der Waals surface area contributed by atoms with Crippen LogP contribution in [0, 0.1) is 0 Å². The standard InChI is InChI=1S/C14H31NO3/c1-5-16-10-11-18-13-12-17-9-7-6-8-15-14(2,3)4/h15H,5-13H2,1-4H3. The largest absolute Gasteiger partial charge is 0.379 e. The van der Waals surface area contributed by atoms with Crippen LogP contribution in [0.25, 0.3) is 0 Å². The molecule has 18 heavy (non-hydrogen) atoms. The summed E-state index contributed by atoms with van der Waals surface area (Å²) in [4.78, 5) is 0. The van der Waals surface area contributed by atoms with E-state index in [1.54, 1.807) is 0 Å². The van der Waals surface area contributed by atoms with Gasteiger partial charge in [0, 0.05) is 18.8 Å². The van der Waals surface area contributed by atoms with E-state index in [4.69, 9.17) is 14.2 Å². The molecule has 0 amide bonds. The normalized spacial score (nSPS) is 12.0. The predicted octanol–water partition coefficient (Wildman–Crippen LogP) is 2.22. The summed E-state index contributed by atoms with van der Waals surface area (Å²) in [6.45, 7) is 13.8. The molecule has 0 aromatic carbocycles. The van der Waals surface area contributed by atoms with Crippen molar-refractivity contribution in [1.82, 2.24) is 5.32 Å². The molecule has 0 fully saturated rings. The van der Waals surface area contributed by atoms with E-state index in [9.17, 15) is 0 Å². The topological polar surface area (TPSA) is 39.7 Å². The number of hydrogen-bond acceptors (Lipinski definition) is 4. The molecular formula is C14H31NO3. The van der Waals surface area contributed by atoms with E-state index in [1.165, 1.54) is 0 Å². The third-order valence-electron chi connectivity index (χ3n) is 2.32. The minimum atomic E-state index is 0.218. The molecule has 1 N–H and O–H groups in total.